The third-order valence-corrected chi connectivity index (χ3v) is 4.85. The number of halogens is 2. The number of aromatic nitrogens is 1. The Morgan fingerprint density at radius 1 is 1.23 bits per heavy atom. The Morgan fingerprint density at radius 3 is 2.57 bits per heavy atom. The lowest BCUT2D eigenvalue weighted by molar-refractivity contribution is -0.384. The van der Waals surface area contributed by atoms with Crippen molar-refractivity contribution < 1.29 is 22.9 Å². The summed E-state index contributed by atoms with van der Waals surface area (Å²) < 4.78 is 33.1. The van der Waals surface area contributed by atoms with Crippen molar-refractivity contribution in [2.75, 3.05) is 7.05 Å². The van der Waals surface area contributed by atoms with Gasteiger partial charge < -0.3 is 9.32 Å². The summed E-state index contributed by atoms with van der Waals surface area (Å²) in [4.78, 5) is 28.5. The molecule has 30 heavy (non-hydrogen) atoms. The van der Waals surface area contributed by atoms with Crippen LogP contribution in [0.15, 0.2) is 53.1 Å². The predicted molar refractivity (Wildman–Crippen MR) is 104 cm³/mol. The van der Waals surface area contributed by atoms with Crippen LogP contribution in [-0.4, -0.2) is 27.8 Å². The maximum absolute atomic E-state index is 13.9. The van der Waals surface area contributed by atoms with Gasteiger partial charge in [0.1, 0.15) is 11.6 Å². The normalized spacial score (nSPS) is 11.9. The number of amides is 1. The highest BCUT2D eigenvalue weighted by Crippen LogP contribution is 2.27. The number of nitro groups is 1. The van der Waals surface area contributed by atoms with Crippen molar-refractivity contribution in [1.29, 1.82) is 0 Å². The second-order valence-electron chi connectivity index (χ2n) is 6.75. The molecule has 7 nitrogen and oxygen atoms in total. The van der Waals surface area contributed by atoms with E-state index in [4.69, 9.17) is 4.42 Å². The molecule has 0 saturated carbocycles. The SMILES string of the molecule is CC(c1cccc([N+](=O)[O-])c1)N(C)C(=O)CCc1ncc(-c2c(F)cccc2F)o1. The largest absolute Gasteiger partial charge is 0.441 e. The zero-order valence-electron chi connectivity index (χ0n) is 16.3. The average Bonchev–Trinajstić information content (AvgIpc) is 3.19. The molecule has 3 aromatic rings. The Kier molecular flexibility index (Phi) is 6.20. The number of nitro benzene ring substituents is 1. The van der Waals surface area contributed by atoms with Crippen molar-refractivity contribution in [3.63, 3.8) is 0 Å². The lowest BCUT2D eigenvalue weighted by atomic mass is 10.1. The average molecular weight is 415 g/mol. The van der Waals surface area contributed by atoms with Crippen LogP contribution in [0.2, 0.25) is 0 Å². The highest BCUT2D eigenvalue weighted by Gasteiger charge is 2.21. The van der Waals surface area contributed by atoms with E-state index in [1.54, 1.807) is 26.1 Å². The van der Waals surface area contributed by atoms with Gasteiger partial charge in [-0.15, -0.1) is 0 Å². The second kappa shape index (κ2) is 8.81. The van der Waals surface area contributed by atoms with Crippen LogP contribution in [0.3, 0.4) is 0 Å². The van der Waals surface area contributed by atoms with Gasteiger partial charge >= 0.3 is 0 Å². The molecular weight excluding hydrogens is 396 g/mol. The fraction of sp³-hybridized carbons (Fsp3) is 0.238. The molecule has 0 spiro atoms. The van der Waals surface area contributed by atoms with Crippen LogP contribution in [0.4, 0.5) is 14.5 Å². The molecule has 0 fully saturated rings. The van der Waals surface area contributed by atoms with Gasteiger partial charge in [0, 0.05) is 32.0 Å². The van der Waals surface area contributed by atoms with E-state index in [1.165, 1.54) is 29.3 Å². The molecule has 0 saturated heterocycles. The summed E-state index contributed by atoms with van der Waals surface area (Å²) in [6, 6.07) is 9.20. The number of hydrogen-bond donors (Lipinski definition) is 0. The van der Waals surface area contributed by atoms with Crippen molar-refractivity contribution in [3.8, 4) is 11.3 Å². The number of rotatable bonds is 7. The van der Waals surface area contributed by atoms with Crippen LogP contribution in [-0.2, 0) is 11.2 Å². The summed E-state index contributed by atoms with van der Waals surface area (Å²) in [6.07, 6.45) is 1.41. The van der Waals surface area contributed by atoms with Crippen LogP contribution in [0, 0.1) is 21.7 Å². The Bertz CT molecular complexity index is 1060. The zero-order chi connectivity index (χ0) is 21.8. The van der Waals surface area contributed by atoms with E-state index in [9.17, 15) is 23.7 Å². The molecule has 0 bridgehead atoms. The van der Waals surface area contributed by atoms with E-state index in [-0.39, 0.29) is 47.7 Å². The number of oxazole rings is 1. The molecule has 3 rings (SSSR count). The fourth-order valence-corrected chi connectivity index (χ4v) is 3.00. The zero-order valence-corrected chi connectivity index (χ0v) is 16.3. The van der Waals surface area contributed by atoms with Gasteiger partial charge in [0.2, 0.25) is 5.91 Å². The van der Waals surface area contributed by atoms with Crippen molar-refractivity contribution in [3.05, 3.63) is 81.9 Å². The lowest BCUT2D eigenvalue weighted by Crippen LogP contribution is -2.29. The minimum atomic E-state index is -0.765. The minimum absolute atomic E-state index is 0.0482. The molecule has 1 amide bonds. The van der Waals surface area contributed by atoms with Gasteiger partial charge in [-0.2, -0.15) is 0 Å². The number of benzene rings is 2. The predicted octanol–water partition coefficient (Wildman–Crippen LogP) is 4.68. The first kappa shape index (κ1) is 21.1. The Labute approximate surface area is 171 Å². The molecule has 0 radical (unpaired) electrons. The Morgan fingerprint density at radius 2 is 1.90 bits per heavy atom. The molecule has 0 aliphatic rings. The minimum Gasteiger partial charge on any atom is -0.441 e. The summed E-state index contributed by atoms with van der Waals surface area (Å²) in [7, 11) is 1.60. The molecule has 0 aliphatic carbocycles. The summed E-state index contributed by atoms with van der Waals surface area (Å²) in [6.45, 7) is 1.77. The highest BCUT2D eigenvalue weighted by molar-refractivity contribution is 5.76. The standard InChI is InChI=1S/C21H19F2N3O4/c1-13(14-5-3-6-15(11-14)26(28)29)25(2)20(27)10-9-19-24-12-18(30-19)21-16(22)7-4-8-17(21)23/h3-8,11-13H,9-10H2,1-2H3. The Hall–Kier alpha value is -3.62. The molecule has 9 heteroatoms. The van der Waals surface area contributed by atoms with Crippen LogP contribution in [0.1, 0.15) is 30.8 Å². The molecule has 2 aromatic carbocycles. The second-order valence-corrected chi connectivity index (χ2v) is 6.75. The van der Waals surface area contributed by atoms with Crippen LogP contribution >= 0.6 is 0 Å². The van der Waals surface area contributed by atoms with Gasteiger partial charge in [-0.1, -0.05) is 18.2 Å². The number of carbonyl (C=O) groups excluding carboxylic acids is 1. The smallest absolute Gasteiger partial charge is 0.269 e. The van der Waals surface area contributed by atoms with E-state index < -0.39 is 16.6 Å². The topological polar surface area (TPSA) is 89.5 Å². The van der Waals surface area contributed by atoms with Crippen molar-refractivity contribution in [2.24, 2.45) is 0 Å². The summed E-state index contributed by atoms with van der Waals surface area (Å²) >= 11 is 0. The quantitative estimate of drug-likeness (QED) is 0.413. The molecular formula is C21H19F2N3O4. The maximum Gasteiger partial charge on any atom is 0.269 e. The number of non-ortho nitro benzene ring substituents is 1. The van der Waals surface area contributed by atoms with Gasteiger partial charge in [0.25, 0.3) is 5.69 Å². The van der Waals surface area contributed by atoms with E-state index >= 15 is 0 Å². The van der Waals surface area contributed by atoms with Gasteiger partial charge in [-0.25, -0.2) is 13.8 Å². The fourth-order valence-electron chi connectivity index (χ4n) is 3.00. The molecule has 0 N–H and O–H groups in total. The summed E-state index contributed by atoms with van der Waals surface area (Å²) in [5, 5.41) is 10.9. The van der Waals surface area contributed by atoms with Crippen LogP contribution < -0.4 is 0 Å². The molecule has 1 unspecified atom stereocenters. The van der Waals surface area contributed by atoms with E-state index in [0.717, 1.165) is 12.1 Å². The molecule has 1 heterocycles. The van der Waals surface area contributed by atoms with Crippen molar-refractivity contribution in [1.82, 2.24) is 9.88 Å². The van der Waals surface area contributed by atoms with Crippen molar-refractivity contribution in [2.45, 2.75) is 25.8 Å². The number of nitrogens with zero attached hydrogens (tertiary/aromatic N) is 3. The maximum atomic E-state index is 13.9. The molecule has 1 aromatic heterocycles. The van der Waals surface area contributed by atoms with Gasteiger partial charge in [0.05, 0.1) is 22.7 Å². The molecule has 156 valence electrons. The van der Waals surface area contributed by atoms with E-state index in [2.05, 4.69) is 4.98 Å². The molecule has 0 aliphatic heterocycles. The number of carbonyl (C=O) groups is 1. The third kappa shape index (κ3) is 4.51. The molecule has 1 atom stereocenters. The van der Waals surface area contributed by atoms with Crippen LogP contribution in [0.5, 0.6) is 0 Å². The van der Waals surface area contributed by atoms with Gasteiger partial charge in [-0.3, -0.25) is 14.9 Å². The van der Waals surface area contributed by atoms with Crippen LogP contribution in [0.25, 0.3) is 11.3 Å². The third-order valence-electron chi connectivity index (χ3n) is 4.85. The first-order valence-corrected chi connectivity index (χ1v) is 9.17. The van der Waals surface area contributed by atoms with Crippen molar-refractivity contribution >= 4 is 11.6 Å². The highest BCUT2D eigenvalue weighted by atomic mass is 19.1. The number of hydrogen-bond acceptors (Lipinski definition) is 5. The van der Waals surface area contributed by atoms with Gasteiger partial charge in [0.15, 0.2) is 11.7 Å². The first-order valence-electron chi connectivity index (χ1n) is 9.17. The van der Waals surface area contributed by atoms with Gasteiger partial charge in [-0.05, 0) is 24.6 Å². The first-order chi connectivity index (χ1) is 14.3. The lowest BCUT2D eigenvalue weighted by Gasteiger charge is -2.25. The summed E-state index contributed by atoms with van der Waals surface area (Å²) in [5.41, 5.74) is 0.278. The summed E-state index contributed by atoms with van der Waals surface area (Å²) in [5.74, 6) is -1.63. The van der Waals surface area contributed by atoms with E-state index in [0.29, 0.717) is 5.56 Å². The van der Waals surface area contributed by atoms with E-state index in [1.807, 2.05) is 0 Å². The monoisotopic (exact) mass is 415 g/mol. The Balaban J connectivity index is 1.65. The number of aryl methyl sites for hydroxylation is 1.